The zero-order valence-corrected chi connectivity index (χ0v) is 12.7. The van der Waals surface area contributed by atoms with Crippen LogP contribution in [0.1, 0.15) is 12.6 Å². The van der Waals surface area contributed by atoms with Gasteiger partial charge in [-0.05, 0) is 26.1 Å². The molecule has 0 fully saturated rings. The first-order valence-electron chi connectivity index (χ1n) is 5.62. The molecule has 0 saturated heterocycles. The Morgan fingerprint density at radius 3 is 2.70 bits per heavy atom. The number of thiazole rings is 1. The topological polar surface area (TPSA) is 101 Å². The highest BCUT2D eigenvalue weighted by atomic mass is 32.2. The Morgan fingerprint density at radius 2 is 2.10 bits per heavy atom. The highest BCUT2D eigenvalue weighted by Gasteiger charge is 2.19. The van der Waals surface area contributed by atoms with Gasteiger partial charge in [-0.25, -0.2) is 18.1 Å². The number of nitrogens with zero attached hydrogens (tertiary/aromatic N) is 1. The number of carbonyl (C=O) groups is 1. The highest BCUT2D eigenvalue weighted by molar-refractivity contribution is 7.89. The first-order valence-corrected chi connectivity index (χ1v) is 7.92. The van der Waals surface area contributed by atoms with Crippen molar-refractivity contribution < 1.29 is 17.6 Å². The molecule has 0 atom stereocenters. The molecular weight excluding hydrogens is 302 g/mol. The smallest absolute Gasteiger partial charge is 0.273 e. The maximum absolute atomic E-state index is 11.6. The van der Waals surface area contributed by atoms with Crippen LogP contribution in [0.25, 0.3) is 10.6 Å². The quantitative estimate of drug-likeness (QED) is 0.892. The standard InChI is InChI=1S/C11H13N3O4S2/c1-6-10(19-11(13-6)14-7(2)15)8-4-5-9(18-8)20(16,17)12-3/h4-5,12H,1-3H3,(H,13,14,15). The van der Waals surface area contributed by atoms with Gasteiger partial charge in [0.25, 0.3) is 10.0 Å². The van der Waals surface area contributed by atoms with Gasteiger partial charge in [-0.1, -0.05) is 11.3 Å². The molecule has 0 aromatic carbocycles. The summed E-state index contributed by atoms with van der Waals surface area (Å²) in [5.74, 6) is 0.175. The van der Waals surface area contributed by atoms with Gasteiger partial charge in [0, 0.05) is 6.92 Å². The van der Waals surface area contributed by atoms with Crippen molar-refractivity contribution in [3.05, 3.63) is 17.8 Å². The zero-order chi connectivity index (χ0) is 14.9. The normalized spacial score (nSPS) is 11.6. The van der Waals surface area contributed by atoms with E-state index in [2.05, 4.69) is 15.0 Å². The van der Waals surface area contributed by atoms with Crippen LogP contribution in [0.15, 0.2) is 21.6 Å². The van der Waals surface area contributed by atoms with Gasteiger partial charge in [-0.15, -0.1) is 0 Å². The van der Waals surface area contributed by atoms with Crippen molar-refractivity contribution in [3.63, 3.8) is 0 Å². The summed E-state index contributed by atoms with van der Waals surface area (Å²) >= 11 is 1.22. The van der Waals surface area contributed by atoms with Gasteiger partial charge in [0.05, 0.1) is 10.6 Å². The molecule has 2 aromatic heterocycles. The van der Waals surface area contributed by atoms with Gasteiger partial charge in [-0.3, -0.25) is 4.79 Å². The Balaban J connectivity index is 2.38. The van der Waals surface area contributed by atoms with Crippen molar-refractivity contribution in [3.8, 4) is 10.6 Å². The molecular formula is C11H13N3O4S2. The first kappa shape index (κ1) is 14.7. The third-order valence-electron chi connectivity index (χ3n) is 2.42. The van der Waals surface area contributed by atoms with Gasteiger partial charge in [-0.2, -0.15) is 0 Å². The largest absolute Gasteiger partial charge is 0.442 e. The second kappa shape index (κ2) is 5.35. The van der Waals surface area contributed by atoms with Crippen LogP contribution in [-0.2, 0) is 14.8 Å². The molecule has 0 saturated carbocycles. The summed E-state index contributed by atoms with van der Waals surface area (Å²) in [5.41, 5.74) is 0.654. The van der Waals surface area contributed by atoms with Crippen molar-refractivity contribution in [1.29, 1.82) is 0 Å². The molecule has 0 spiro atoms. The van der Waals surface area contributed by atoms with Crippen molar-refractivity contribution in [2.45, 2.75) is 18.9 Å². The van der Waals surface area contributed by atoms with E-state index in [4.69, 9.17) is 4.42 Å². The van der Waals surface area contributed by atoms with E-state index in [9.17, 15) is 13.2 Å². The van der Waals surface area contributed by atoms with E-state index >= 15 is 0 Å². The summed E-state index contributed by atoms with van der Waals surface area (Å²) in [6, 6.07) is 2.93. The lowest BCUT2D eigenvalue weighted by Crippen LogP contribution is -2.17. The van der Waals surface area contributed by atoms with Crippen LogP contribution in [0, 0.1) is 6.92 Å². The number of rotatable bonds is 4. The van der Waals surface area contributed by atoms with Crippen LogP contribution in [0.2, 0.25) is 0 Å². The maximum atomic E-state index is 11.6. The molecule has 2 aromatic rings. The molecule has 0 aliphatic rings. The Kier molecular flexibility index (Phi) is 3.93. The molecule has 2 heterocycles. The number of carbonyl (C=O) groups excluding carboxylic acids is 1. The van der Waals surface area contributed by atoms with E-state index < -0.39 is 10.0 Å². The molecule has 1 amide bonds. The lowest BCUT2D eigenvalue weighted by Gasteiger charge is -1.97. The van der Waals surface area contributed by atoms with Crippen LogP contribution < -0.4 is 10.0 Å². The van der Waals surface area contributed by atoms with E-state index in [1.807, 2.05) is 0 Å². The average Bonchev–Trinajstić information content (AvgIpc) is 2.95. The van der Waals surface area contributed by atoms with Gasteiger partial charge in [0.1, 0.15) is 5.76 Å². The van der Waals surface area contributed by atoms with Crippen molar-refractivity contribution in [2.75, 3.05) is 12.4 Å². The van der Waals surface area contributed by atoms with Crippen molar-refractivity contribution in [2.24, 2.45) is 0 Å². The Labute approximate surface area is 120 Å². The lowest BCUT2D eigenvalue weighted by atomic mass is 10.3. The number of nitrogens with one attached hydrogen (secondary N) is 2. The third kappa shape index (κ3) is 2.89. The Bertz CT molecular complexity index is 746. The fourth-order valence-electron chi connectivity index (χ4n) is 1.52. The molecule has 2 rings (SSSR count). The number of aromatic nitrogens is 1. The minimum Gasteiger partial charge on any atom is -0.442 e. The maximum Gasteiger partial charge on any atom is 0.273 e. The zero-order valence-electron chi connectivity index (χ0n) is 11.1. The van der Waals surface area contributed by atoms with Gasteiger partial charge in [0.2, 0.25) is 11.0 Å². The second-order valence-corrected chi connectivity index (χ2v) is 6.76. The Hall–Kier alpha value is -1.71. The summed E-state index contributed by atoms with van der Waals surface area (Å²) in [6.45, 7) is 3.15. The predicted octanol–water partition coefficient (Wildman–Crippen LogP) is 1.58. The molecule has 0 aliphatic carbocycles. The molecule has 108 valence electrons. The number of hydrogen-bond acceptors (Lipinski definition) is 6. The SMILES string of the molecule is CNS(=O)(=O)c1ccc(-c2sc(NC(C)=O)nc2C)o1. The number of furan rings is 1. The van der Waals surface area contributed by atoms with Crippen molar-refractivity contribution in [1.82, 2.24) is 9.71 Å². The number of anilines is 1. The number of sulfonamides is 1. The summed E-state index contributed by atoms with van der Waals surface area (Å²) in [6.07, 6.45) is 0. The third-order valence-corrected chi connectivity index (χ3v) is 4.79. The Morgan fingerprint density at radius 1 is 1.40 bits per heavy atom. The van der Waals surface area contributed by atoms with Crippen LogP contribution in [0.5, 0.6) is 0 Å². The van der Waals surface area contributed by atoms with Crippen LogP contribution in [0.4, 0.5) is 5.13 Å². The first-order chi connectivity index (χ1) is 9.33. The summed E-state index contributed by atoms with van der Waals surface area (Å²) in [7, 11) is -2.30. The summed E-state index contributed by atoms with van der Waals surface area (Å²) in [5, 5.41) is 2.86. The molecule has 9 heteroatoms. The monoisotopic (exact) mass is 315 g/mol. The summed E-state index contributed by atoms with van der Waals surface area (Å²) < 4.78 is 30.7. The lowest BCUT2D eigenvalue weighted by molar-refractivity contribution is -0.114. The van der Waals surface area contributed by atoms with E-state index in [0.717, 1.165) is 0 Å². The van der Waals surface area contributed by atoms with E-state index in [-0.39, 0.29) is 11.0 Å². The fourth-order valence-corrected chi connectivity index (χ4v) is 3.14. The number of hydrogen-bond donors (Lipinski definition) is 2. The molecule has 20 heavy (non-hydrogen) atoms. The minimum absolute atomic E-state index is 0.163. The summed E-state index contributed by atoms with van der Waals surface area (Å²) in [4.78, 5) is 15.8. The molecule has 7 nitrogen and oxygen atoms in total. The number of aryl methyl sites for hydroxylation is 1. The van der Waals surface area contributed by atoms with Crippen LogP contribution >= 0.6 is 11.3 Å². The molecule has 2 N–H and O–H groups in total. The molecule has 0 bridgehead atoms. The van der Waals surface area contributed by atoms with Crippen LogP contribution in [-0.4, -0.2) is 26.4 Å². The van der Waals surface area contributed by atoms with E-state index in [0.29, 0.717) is 21.5 Å². The molecule has 0 aliphatic heterocycles. The van der Waals surface area contributed by atoms with Gasteiger partial charge in [0.15, 0.2) is 5.13 Å². The fraction of sp³-hybridized carbons (Fsp3) is 0.273. The second-order valence-electron chi connectivity index (χ2n) is 3.94. The highest BCUT2D eigenvalue weighted by Crippen LogP contribution is 2.34. The minimum atomic E-state index is -3.61. The average molecular weight is 315 g/mol. The van der Waals surface area contributed by atoms with Gasteiger partial charge >= 0.3 is 0 Å². The van der Waals surface area contributed by atoms with Crippen molar-refractivity contribution >= 4 is 32.4 Å². The number of amides is 1. The van der Waals surface area contributed by atoms with Gasteiger partial charge < -0.3 is 9.73 Å². The van der Waals surface area contributed by atoms with Crippen LogP contribution in [0.3, 0.4) is 0 Å². The van der Waals surface area contributed by atoms with E-state index in [1.54, 1.807) is 13.0 Å². The predicted molar refractivity (Wildman–Crippen MR) is 75.1 cm³/mol. The van der Waals surface area contributed by atoms with E-state index in [1.165, 1.54) is 31.4 Å². The molecule has 0 unspecified atom stereocenters. The molecule has 0 radical (unpaired) electrons.